The van der Waals surface area contributed by atoms with Crippen LogP contribution in [0, 0.1) is 0 Å². The van der Waals surface area contributed by atoms with Crippen LogP contribution in [0.4, 0.5) is 0 Å². The van der Waals surface area contributed by atoms with E-state index >= 15 is 0 Å². The first-order valence-corrected chi connectivity index (χ1v) is 8.88. The van der Waals surface area contributed by atoms with Crippen LogP contribution in [0.1, 0.15) is 35.2 Å². The van der Waals surface area contributed by atoms with Gasteiger partial charge < -0.3 is 5.32 Å². The van der Waals surface area contributed by atoms with Gasteiger partial charge >= 0.3 is 0 Å². The number of rotatable bonds is 6. The second-order valence-electron chi connectivity index (χ2n) is 4.71. The summed E-state index contributed by atoms with van der Waals surface area (Å²) in [5.41, 5.74) is 1.27. The van der Waals surface area contributed by atoms with E-state index < -0.39 is 0 Å². The average Bonchev–Trinajstić information content (AvgIpc) is 2.89. The lowest BCUT2D eigenvalue weighted by molar-refractivity contribution is 0.553. The molecule has 0 aliphatic rings. The maximum Gasteiger partial charge on any atom is 0.0548 e. The van der Waals surface area contributed by atoms with Gasteiger partial charge in [0.2, 0.25) is 0 Å². The molecule has 0 spiro atoms. The van der Waals surface area contributed by atoms with Crippen LogP contribution < -0.4 is 5.32 Å². The van der Waals surface area contributed by atoms with E-state index in [1.54, 1.807) is 0 Å². The molecule has 0 amide bonds. The molecule has 2 rings (SSSR count). The second kappa shape index (κ2) is 7.60. The van der Waals surface area contributed by atoms with Crippen molar-refractivity contribution < 1.29 is 0 Å². The van der Waals surface area contributed by atoms with Crippen molar-refractivity contribution in [2.45, 2.75) is 32.7 Å². The predicted octanol–water partition coefficient (Wildman–Crippen LogP) is 5.62. The van der Waals surface area contributed by atoms with Gasteiger partial charge in [-0.2, -0.15) is 0 Å². The lowest BCUT2D eigenvalue weighted by Crippen LogP contribution is -2.22. The number of hydrogen-bond acceptors (Lipinski definition) is 2. The molecule has 1 heterocycles. The Hall–Kier alpha value is -0.350. The Balaban J connectivity index is 2.19. The molecule has 1 aromatic heterocycles. The van der Waals surface area contributed by atoms with Crippen molar-refractivity contribution in [2.24, 2.45) is 0 Å². The van der Waals surface area contributed by atoms with Gasteiger partial charge in [-0.15, -0.1) is 11.3 Å². The first kappa shape index (κ1) is 16.0. The maximum absolute atomic E-state index is 6.08. The topological polar surface area (TPSA) is 12.0 Å². The Morgan fingerprint density at radius 1 is 1.20 bits per heavy atom. The SMILES string of the molecule is CCNC(Cc1ccc(CC)s1)c1ccc(Cl)c(Br)c1. The Bertz CT molecular complexity index is 567. The Labute approximate surface area is 138 Å². The van der Waals surface area contributed by atoms with Crippen LogP contribution in [-0.2, 0) is 12.8 Å². The summed E-state index contributed by atoms with van der Waals surface area (Å²) in [5, 5.41) is 4.32. The van der Waals surface area contributed by atoms with Crippen LogP contribution in [0.25, 0.3) is 0 Å². The fourth-order valence-corrected chi connectivity index (χ4v) is 3.72. The van der Waals surface area contributed by atoms with Gasteiger partial charge in [0.1, 0.15) is 0 Å². The summed E-state index contributed by atoms with van der Waals surface area (Å²) < 4.78 is 0.958. The van der Waals surface area contributed by atoms with E-state index in [4.69, 9.17) is 11.6 Å². The summed E-state index contributed by atoms with van der Waals surface area (Å²) in [6.07, 6.45) is 2.13. The third-order valence-corrected chi connectivity index (χ3v) is 5.73. The van der Waals surface area contributed by atoms with E-state index in [0.717, 1.165) is 28.9 Å². The average molecular weight is 373 g/mol. The van der Waals surface area contributed by atoms with E-state index in [2.05, 4.69) is 59.4 Å². The van der Waals surface area contributed by atoms with Crippen molar-refractivity contribution in [2.75, 3.05) is 6.54 Å². The summed E-state index contributed by atoms with van der Waals surface area (Å²) >= 11 is 11.5. The van der Waals surface area contributed by atoms with E-state index in [1.165, 1.54) is 15.3 Å². The number of hydrogen-bond donors (Lipinski definition) is 1. The van der Waals surface area contributed by atoms with Crippen LogP contribution in [0.3, 0.4) is 0 Å². The van der Waals surface area contributed by atoms with E-state index in [-0.39, 0.29) is 0 Å². The largest absolute Gasteiger partial charge is 0.310 e. The van der Waals surface area contributed by atoms with Crippen molar-refractivity contribution in [3.8, 4) is 0 Å². The van der Waals surface area contributed by atoms with Gasteiger partial charge in [-0.1, -0.05) is 31.5 Å². The van der Waals surface area contributed by atoms with Crippen LogP contribution in [0.15, 0.2) is 34.8 Å². The van der Waals surface area contributed by atoms with Crippen molar-refractivity contribution in [3.63, 3.8) is 0 Å². The van der Waals surface area contributed by atoms with Gasteiger partial charge in [0.05, 0.1) is 5.02 Å². The molecular weight excluding hydrogens is 354 g/mol. The van der Waals surface area contributed by atoms with E-state index in [0.29, 0.717) is 6.04 Å². The highest BCUT2D eigenvalue weighted by Crippen LogP contribution is 2.29. The zero-order valence-electron chi connectivity index (χ0n) is 11.7. The molecule has 2 aromatic rings. The van der Waals surface area contributed by atoms with Gasteiger partial charge in [-0.05, 0) is 58.7 Å². The van der Waals surface area contributed by atoms with Crippen LogP contribution in [0.5, 0.6) is 0 Å². The van der Waals surface area contributed by atoms with Crippen molar-refractivity contribution in [1.82, 2.24) is 5.32 Å². The molecule has 0 fully saturated rings. The number of halogens is 2. The normalized spacial score (nSPS) is 12.6. The summed E-state index contributed by atoms with van der Waals surface area (Å²) in [5.74, 6) is 0. The fourth-order valence-electron chi connectivity index (χ4n) is 2.21. The van der Waals surface area contributed by atoms with Gasteiger partial charge in [0, 0.05) is 26.7 Å². The number of benzene rings is 1. The van der Waals surface area contributed by atoms with E-state index in [9.17, 15) is 0 Å². The molecular formula is C16H19BrClNS. The summed E-state index contributed by atoms with van der Waals surface area (Å²) in [4.78, 5) is 2.88. The third kappa shape index (κ3) is 4.08. The molecule has 1 N–H and O–H groups in total. The maximum atomic E-state index is 6.08. The van der Waals surface area contributed by atoms with Gasteiger partial charge in [0.15, 0.2) is 0 Å². The molecule has 108 valence electrons. The first-order chi connectivity index (χ1) is 9.63. The molecule has 0 saturated heterocycles. The lowest BCUT2D eigenvalue weighted by atomic mass is 10.0. The molecule has 0 bridgehead atoms. The summed E-state index contributed by atoms with van der Waals surface area (Å²) in [7, 11) is 0. The Kier molecular flexibility index (Phi) is 6.09. The highest BCUT2D eigenvalue weighted by Gasteiger charge is 2.13. The molecule has 20 heavy (non-hydrogen) atoms. The molecule has 0 radical (unpaired) electrons. The molecule has 0 aliphatic heterocycles. The van der Waals surface area contributed by atoms with Crippen molar-refractivity contribution in [1.29, 1.82) is 0 Å². The predicted molar refractivity (Wildman–Crippen MR) is 93.0 cm³/mol. The molecule has 1 aromatic carbocycles. The monoisotopic (exact) mass is 371 g/mol. The number of nitrogens with one attached hydrogen (secondary N) is 1. The van der Waals surface area contributed by atoms with Crippen molar-refractivity contribution >= 4 is 38.9 Å². The highest BCUT2D eigenvalue weighted by molar-refractivity contribution is 9.10. The van der Waals surface area contributed by atoms with Gasteiger partial charge in [-0.25, -0.2) is 0 Å². The minimum Gasteiger partial charge on any atom is -0.310 e. The van der Waals surface area contributed by atoms with Crippen molar-refractivity contribution in [3.05, 3.63) is 55.1 Å². The second-order valence-corrected chi connectivity index (χ2v) is 7.22. The first-order valence-electron chi connectivity index (χ1n) is 6.90. The molecule has 1 atom stereocenters. The molecule has 0 saturated carbocycles. The third-order valence-electron chi connectivity index (χ3n) is 3.27. The molecule has 1 nitrogen and oxygen atoms in total. The highest BCUT2D eigenvalue weighted by atomic mass is 79.9. The number of thiophene rings is 1. The zero-order chi connectivity index (χ0) is 14.5. The van der Waals surface area contributed by atoms with E-state index in [1.807, 2.05) is 17.4 Å². The van der Waals surface area contributed by atoms with Gasteiger partial charge in [-0.3, -0.25) is 0 Å². The Morgan fingerprint density at radius 2 is 1.95 bits per heavy atom. The summed E-state index contributed by atoms with van der Waals surface area (Å²) in [6.45, 7) is 5.30. The zero-order valence-corrected chi connectivity index (χ0v) is 14.9. The smallest absolute Gasteiger partial charge is 0.0548 e. The number of aryl methyl sites for hydroxylation is 1. The van der Waals surface area contributed by atoms with Gasteiger partial charge in [0.25, 0.3) is 0 Å². The van der Waals surface area contributed by atoms with Crippen LogP contribution >= 0.6 is 38.9 Å². The Morgan fingerprint density at radius 3 is 2.55 bits per heavy atom. The molecule has 1 unspecified atom stereocenters. The number of likely N-dealkylation sites (N-methyl/N-ethyl adjacent to an activating group) is 1. The molecule has 4 heteroatoms. The standard InChI is InChI=1S/C16H19BrClNS/c1-3-12-6-7-13(20-12)10-16(19-4-2)11-5-8-15(18)14(17)9-11/h5-9,16,19H,3-4,10H2,1-2H3. The minimum absolute atomic E-state index is 0.330. The van der Waals surface area contributed by atoms with Crippen LogP contribution in [0.2, 0.25) is 5.02 Å². The lowest BCUT2D eigenvalue weighted by Gasteiger charge is -2.18. The summed E-state index contributed by atoms with van der Waals surface area (Å²) in [6, 6.07) is 11.0. The van der Waals surface area contributed by atoms with Crippen LogP contribution in [-0.4, -0.2) is 6.54 Å². The minimum atomic E-state index is 0.330. The fraction of sp³-hybridized carbons (Fsp3) is 0.375. The quantitative estimate of drug-likeness (QED) is 0.694. The molecule has 0 aliphatic carbocycles.